The Balaban J connectivity index is 2.39. The highest BCUT2D eigenvalue weighted by molar-refractivity contribution is 14.1. The topological polar surface area (TPSA) is 0 Å². The van der Waals surface area contributed by atoms with Gasteiger partial charge in [-0.2, -0.15) is 0 Å². The quantitative estimate of drug-likeness (QED) is 0.315. The molecule has 1 saturated carbocycles. The van der Waals surface area contributed by atoms with Gasteiger partial charge in [0.05, 0.1) is 0 Å². The van der Waals surface area contributed by atoms with Crippen LogP contribution in [0.5, 0.6) is 0 Å². The first-order chi connectivity index (χ1) is 2.80. The van der Waals surface area contributed by atoms with E-state index in [2.05, 4.69) is 29.2 Å². The van der Waals surface area contributed by atoms with Crippen LogP contribution in [0.15, 0.2) is 12.2 Å². The van der Waals surface area contributed by atoms with Gasteiger partial charge in [0.1, 0.15) is 0 Å². The molecule has 1 heteroatoms. The van der Waals surface area contributed by atoms with Crippen LogP contribution in [0.25, 0.3) is 0 Å². The Bertz CT molecular complexity index is 76.0. The largest absolute Gasteiger partial charge is 0.0988 e. The monoisotopic (exact) mass is 194 g/mol. The molecule has 1 unspecified atom stereocenters. The average Bonchev–Trinajstić information content (AvgIpc) is 1.61. The first kappa shape index (κ1) is 4.62. The molecule has 0 radical (unpaired) electrons. The summed E-state index contributed by atoms with van der Waals surface area (Å²) in [5, 5.41) is 0. The van der Waals surface area contributed by atoms with E-state index in [9.17, 15) is 0 Å². The molecule has 0 N–H and O–H groups in total. The van der Waals surface area contributed by atoms with Crippen molar-refractivity contribution in [3.05, 3.63) is 12.2 Å². The zero-order chi connectivity index (χ0) is 4.57. The van der Waals surface area contributed by atoms with Crippen molar-refractivity contribution in [2.75, 3.05) is 0 Å². The van der Waals surface area contributed by atoms with Gasteiger partial charge in [0.2, 0.25) is 0 Å². The fourth-order valence-electron chi connectivity index (χ4n) is 0.458. The van der Waals surface area contributed by atoms with E-state index in [1.165, 1.54) is 18.4 Å². The third-order valence-corrected chi connectivity index (χ3v) is 2.67. The normalized spacial score (nSPS) is 32.8. The van der Waals surface area contributed by atoms with E-state index in [1.807, 2.05) is 0 Å². The molecule has 6 heavy (non-hydrogen) atoms. The van der Waals surface area contributed by atoms with Crippen LogP contribution in [0.2, 0.25) is 0 Å². The number of rotatable bonds is 0. The van der Waals surface area contributed by atoms with Gasteiger partial charge in [-0.3, -0.25) is 0 Å². The molecule has 0 aromatic rings. The van der Waals surface area contributed by atoms with Crippen LogP contribution in [-0.4, -0.2) is 3.92 Å². The molecule has 0 spiro atoms. The molecule has 1 fully saturated rings. The standard InChI is InChI=1S/C5H7I/c1-4-2-3-5(4)6/h5H,1-3H2. The van der Waals surface area contributed by atoms with Crippen molar-refractivity contribution >= 4 is 22.6 Å². The van der Waals surface area contributed by atoms with E-state index >= 15 is 0 Å². The molecule has 0 aliphatic heterocycles. The molecular formula is C5H7I. The summed E-state index contributed by atoms with van der Waals surface area (Å²) in [5.74, 6) is 0. The maximum absolute atomic E-state index is 3.83. The minimum absolute atomic E-state index is 0.808. The number of alkyl halides is 1. The van der Waals surface area contributed by atoms with Gasteiger partial charge in [-0.05, 0) is 12.8 Å². The third-order valence-electron chi connectivity index (χ3n) is 1.16. The van der Waals surface area contributed by atoms with Gasteiger partial charge < -0.3 is 0 Å². The van der Waals surface area contributed by atoms with E-state index in [0.29, 0.717) is 0 Å². The van der Waals surface area contributed by atoms with Crippen molar-refractivity contribution in [1.29, 1.82) is 0 Å². The van der Waals surface area contributed by atoms with Crippen LogP contribution in [0.1, 0.15) is 12.8 Å². The maximum Gasteiger partial charge on any atom is 0.0319 e. The average molecular weight is 194 g/mol. The highest BCUT2D eigenvalue weighted by atomic mass is 127. The lowest BCUT2D eigenvalue weighted by atomic mass is 9.94. The van der Waals surface area contributed by atoms with Gasteiger partial charge in [-0.1, -0.05) is 34.7 Å². The molecule has 0 bridgehead atoms. The van der Waals surface area contributed by atoms with Gasteiger partial charge in [-0.25, -0.2) is 0 Å². The maximum atomic E-state index is 3.83. The van der Waals surface area contributed by atoms with Gasteiger partial charge >= 0.3 is 0 Å². The van der Waals surface area contributed by atoms with Crippen LogP contribution < -0.4 is 0 Å². The van der Waals surface area contributed by atoms with Gasteiger partial charge in [0, 0.05) is 3.92 Å². The second-order valence-corrected chi connectivity index (χ2v) is 3.17. The van der Waals surface area contributed by atoms with Crippen molar-refractivity contribution in [2.45, 2.75) is 16.8 Å². The molecule has 0 saturated heterocycles. The van der Waals surface area contributed by atoms with Crippen molar-refractivity contribution in [1.82, 2.24) is 0 Å². The lowest BCUT2D eigenvalue weighted by molar-refractivity contribution is 0.705. The molecule has 0 aromatic carbocycles. The molecule has 1 atom stereocenters. The van der Waals surface area contributed by atoms with Crippen molar-refractivity contribution < 1.29 is 0 Å². The molecule has 34 valence electrons. The van der Waals surface area contributed by atoms with Crippen molar-refractivity contribution in [3.8, 4) is 0 Å². The van der Waals surface area contributed by atoms with Gasteiger partial charge in [-0.15, -0.1) is 0 Å². The van der Waals surface area contributed by atoms with Crippen LogP contribution in [0.4, 0.5) is 0 Å². The Morgan fingerprint density at radius 3 is 2.33 bits per heavy atom. The molecular weight excluding hydrogens is 187 g/mol. The molecule has 0 heterocycles. The fraction of sp³-hybridized carbons (Fsp3) is 0.600. The van der Waals surface area contributed by atoms with Gasteiger partial charge in [0.15, 0.2) is 0 Å². The molecule has 0 nitrogen and oxygen atoms in total. The highest BCUT2D eigenvalue weighted by Crippen LogP contribution is 2.31. The van der Waals surface area contributed by atoms with Crippen molar-refractivity contribution in [3.63, 3.8) is 0 Å². The highest BCUT2D eigenvalue weighted by Gasteiger charge is 2.17. The second kappa shape index (κ2) is 1.52. The minimum Gasteiger partial charge on any atom is -0.0988 e. The summed E-state index contributed by atoms with van der Waals surface area (Å²) >= 11 is 2.42. The fourth-order valence-corrected chi connectivity index (χ4v) is 1.08. The van der Waals surface area contributed by atoms with E-state index in [0.717, 1.165) is 3.92 Å². The van der Waals surface area contributed by atoms with Crippen molar-refractivity contribution in [2.24, 2.45) is 0 Å². The zero-order valence-corrected chi connectivity index (χ0v) is 5.73. The molecule has 1 rings (SSSR count). The summed E-state index contributed by atoms with van der Waals surface area (Å²) < 4.78 is 0.808. The zero-order valence-electron chi connectivity index (χ0n) is 3.58. The van der Waals surface area contributed by atoms with E-state index in [-0.39, 0.29) is 0 Å². The summed E-state index contributed by atoms with van der Waals surface area (Å²) in [5.41, 5.74) is 1.43. The predicted molar refractivity (Wildman–Crippen MR) is 36.2 cm³/mol. The summed E-state index contributed by atoms with van der Waals surface area (Å²) in [6.07, 6.45) is 2.63. The number of halogens is 1. The van der Waals surface area contributed by atoms with E-state index in [1.54, 1.807) is 0 Å². The number of allylic oxidation sites excluding steroid dienone is 1. The van der Waals surface area contributed by atoms with E-state index < -0.39 is 0 Å². The predicted octanol–water partition coefficient (Wildman–Crippen LogP) is 2.14. The van der Waals surface area contributed by atoms with E-state index in [4.69, 9.17) is 0 Å². The van der Waals surface area contributed by atoms with Gasteiger partial charge in [0.25, 0.3) is 0 Å². The second-order valence-electron chi connectivity index (χ2n) is 1.66. The number of hydrogen-bond donors (Lipinski definition) is 0. The van der Waals surface area contributed by atoms with Crippen LogP contribution in [-0.2, 0) is 0 Å². The molecule has 0 amide bonds. The first-order valence-electron chi connectivity index (χ1n) is 2.12. The SMILES string of the molecule is C=C1CCC1I. The lowest BCUT2D eigenvalue weighted by Crippen LogP contribution is -2.12. The summed E-state index contributed by atoms with van der Waals surface area (Å²) in [4.78, 5) is 0. The lowest BCUT2D eigenvalue weighted by Gasteiger charge is -2.21. The minimum atomic E-state index is 0.808. The molecule has 0 aromatic heterocycles. The van der Waals surface area contributed by atoms with Crippen LogP contribution >= 0.6 is 22.6 Å². The molecule has 1 aliphatic carbocycles. The Labute approximate surface area is 51.8 Å². The molecule has 1 aliphatic rings. The van der Waals surface area contributed by atoms with Crippen LogP contribution in [0.3, 0.4) is 0 Å². The number of hydrogen-bond acceptors (Lipinski definition) is 0. The Morgan fingerprint density at radius 2 is 2.33 bits per heavy atom. The summed E-state index contributed by atoms with van der Waals surface area (Å²) in [6.45, 7) is 3.83. The third kappa shape index (κ3) is 0.600. The summed E-state index contributed by atoms with van der Waals surface area (Å²) in [6, 6.07) is 0. The smallest absolute Gasteiger partial charge is 0.0319 e. The summed E-state index contributed by atoms with van der Waals surface area (Å²) in [7, 11) is 0. The Morgan fingerprint density at radius 1 is 1.83 bits per heavy atom. The van der Waals surface area contributed by atoms with Crippen LogP contribution in [0, 0.1) is 0 Å². The Hall–Kier alpha value is 0.470. The first-order valence-corrected chi connectivity index (χ1v) is 3.37. The Kier molecular flexibility index (Phi) is 1.17.